The maximum Gasteiger partial charge on any atom is 0.0991 e. The van der Waals surface area contributed by atoms with Crippen molar-refractivity contribution in [2.45, 2.75) is 6.54 Å². The van der Waals surface area contributed by atoms with Crippen LogP contribution in [0.25, 0.3) is 10.9 Å². The van der Waals surface area contributed by atoms with E-state index in [1.165, 1.54) is 10.4 Å². The number of aromatic nitrogens is 1. The van der Waals surface area contributed by atoms with Gasteiger partial charge in [-0.3, -0.25) is 0 Å². The van der Waals surface area contributed by atoms with E-state index in [9.17, 15) is 0 Å². The number of halogens is 1. The summed E-state index contributed by atoms with van der Waals surface area (Å²) in [6, 6.07) is 12.2. The molecule has 0 saturated carbocycles. The minimum absolute atomic E-state index is 0.708. The molecule has 0 spiro atoms. The molecule has 4 heteroatoms. The Balaban J connectivity index is 2.00. The molecule has 0 aliphatic rings. The Hall–Kier alpha value is -1.57. The number of hydrogen-bond donors (Lipinski definition) is 0. The zero-order valence-corrected chi connectivity index (χ0v) is 11.8. The van der Waals surface area contributed by atoms with Crippen molar-refractivity contribution in [3.05, 3.63) is 56.8 Å². The lowest BCUT2D eigenvalue weighted by molar-refractivity contribution is 0.851. The second-order valence-electron chi connectivity index (χ2n) is 4.06. The molecule has 0 bridgehead atoms. The molecule has 3 aromatic rings. The van der Waals surface area contributed by atoms with E-state index in [-0.39, 0.29) is 0 Å². The third-order valence-corrected chi connectivity index (χ3v) is 4.53. The molecule has 0 atom stereocenters. The molecule has 1 aromatic carbocycles. The van der Waals surface area contributed by atoms with Crippen molar-refractivity contribution >= 4 is 38.2 Å². The fraction of sp³-hybridized carbons (Fsp3) is 0.0714. The molecule has 0 aliphatic carbocycles. The normalized spacial score (nSPS) is 10.7. The molecule has 2 aromatic heterocycles. The maximum absolute atomic E-state index is 8.88. The Morgan fingerprint density at radius 1 is 1.28 bits per heavy atom. The van der Waals surface area contributed by atoms with E-state index in [1.54, 1.807) is 11.3 Å². The van der Waals surface area contributed by atoms with Gasteiger partial charge in [-0.1, -0.05) is 0 Å². The van der Waals surface area contributed by atoms with Gasteiger partial charge in [0.05, 0.1) is 18.2 Å². The number of rotatable bonds is 2. The number of nitriles is 1. The van der Waals surface area contributed by atoms with Gasteiger partial charge in [0, 0.05) is 31.8 Å². The highest BCUT2D eigenvalue weighted by molar-refractivity contribution is 9.10. The standard InChI is InChI=1S/C14H9BrN2S/c15-12-6-13(18-9-12)8-17-4-3-11-5-10(7-16)1-2-14(11)17/h1-6,9H,8H2. The highest BCUT2D eigenvalue weighted by Gasteiger charge is 2.04. The van der Waals surface area contributed by atoms with Crippen LogP contribution in [-0.2, 0) is 6.54 Å². The lowest BCUT2D eigenvalue weighted by Crippen LogP contribution is -1.95. The van der Waals surface area contributed by atoms with Crippen LogP contribution in [0.1, 0.15) is 10.4 Å². The molecule has 88 valence electrons. The number of hydrogen-bond acceptors (Lipinski definition) is 2. The summed E-state index contributed by atoms with van der Waals surface area (Å²) in [5, 5.41) is 12.1. The Morgan fingerprint density at radius 2 is 2.17 bits per heavy atom. The van der Waals surface area contributed by atoms with Crippen LogP contribution in [0.3, 0.4) is 0 Å². The molecule has 0 unspecified atom stereocenters. The summed E-state index contributed by atoms with van der Waals surface area (Å²) in [6.07, 6.45) is 2.07. The highest BCUT2D eigenvalue weighted by Crippen LogP contribution is 2.23. The molecule has 3 rings (SSSR count). The van der Waals surface area contributed by atoms with Crippen LogP contribution >= 0.6 is 27.3 Å². The fourth-order valence-corrected chi connectivity index (χ4v) is 3.46. The van der Waals surface area contributed by atoms with Gasteiger partial charge in [0.25, 0.3) is 0 Å². The lowest BCUT2D eigenvalue weighted by Gasteiger charge is -2.03. The van der Waals surface area contributed by atoms with Crippen LogP contribution in [-0.4, -0.2) is 4.57 Å². The predicted molar refractivity (Wildman–Crippen MR) is 77.8 cm³/mol. The summed E-state index contributed by atoms with van der Waals surface area (Å²) in [4.78, 5) is 1.31. The molecular formula is C14H9BrN2S. The van der Waals surface area contributed by atoms with Gasteiger partial charge in [-0.25, -0.2) is 0 Å². The Labute approximate surface area is 117 Å². The van der Waals surface area contributed by atoms with Gasteiger partial charge in [-0.15, -0.1) is 11.3 Å². The minimum Gasteiger partial charge on any atom is -0.342 e. The number of fused-ring (bicyclic) bond motifs is 1. The van der Waals surface area contributed by atoms with Gasteiger partial charge >= 0.3 is 0 Å². The average molecular weight is 317 g/mol. The SMILES string of the molecule is N#Cc1ccc2c(ccn2Cc2cc(Br)cs2)c1. The third-order valence-electron chi connectivity index (χ3n) is 2.85. The molecule has 0 fully saturated rings. The molecule has 0 radical (unpaired) electrons. The molecule has 2 heterocycles. The fourth-order valence-electron chi connectivity index (χ4n) is 2.01. The largest absolute Gasteiger partial charge is 0.342 e. The number of thiophene rings is 1. The first-order valence-corrected chi connectivity index (χ1v) is 7.15. The van der Waals surface area contributed by atoms with E-state index < -0.39 is 0 Å². The van der Waals surface area contributed by atoms with Gasteiger partial charge in [-0.2, -0.15) is 5.26 Å². The van der Waals surface area contributed by atoms with Crippen LogP contribution < -0.4 is 0 Å². The summed E-state index contributed by atoms with van der Waals surface area (Å²) in [5.74, 6) is 0. The van der Waals surface area contributed by atoms with E-state index in [2.05, 4.69) is 50.3 Å². The van der Waals surface area contributed by atoms with E-state index in [0.717, 1.165) is 16.4 Å². The van der Waals surface area contributed by atoms with Gasteiger partial charge in [0.1, 0.15) is 0 Å². The van der Waals surface area contributed by atoms with Crippen LogP contribution in [0.2, 0.25) is 0 Å². The Kier molecular flexibility index (Phi) is 2.94. The first-order valence-electron chi connectivity index (χ1n) is 5.48. The molecule has 18 heavy (non-hydrogen) atoms. The maximum atomic E-state index is 8.88. The quantitative estimate of drug-likeness (QED) is 0.689. The van der Waals surface area contributed by atoms with E-state index in [0.29, 0.717) is 5.56 Å². The smallest absolute Gasteiger partial charge is 0.0991 e. The summed E-state index contributed by atoms with van der Waals surface area (Å²) >= 11 is 5.21. The second-order valence-corrected chi connectivity index (χ2v) is 5.97. The third kappa shape index (κ3) is 2.07. The molecule has 2 nitrogen and oxygen atoms in total. The van der Waals surface area contributed by atoms with Crippen molar-refractivity contribution in [1.29, 1.82) is 5.26 Å². The second kappa shape index (κ2) is 4.60. The summed E-state index contributed by atoms with van der Waals surface area (Å²) in [5.41, 5.74) is 1.87. The lowest BCUT2D eigenvalue weighted by atomic mass is 10.2. The minimum atomic E-state index is 0.708. The van der Waals surface area contributed by atoms with Gasteiger partial charge < -0.3 is 4.57 Å². The van der Waals surface area contributed by atoms with Gasteiger partial charge in [0.15, 0.2) is 0 Å². The summed E-state index contributed by atoms with van der Waals surface area (Å²) < 4.78 is 3.33. The zero-order valence-electron chi connectivity index (χ0n) is 9.43. The summed E-state index contributed by atoms with van der Waals surface area (Å²) in [6.45, 7) is 0.867. The first-order chi connectivity index (χ1) is 8.76. The molecule has 0 aliphatic heterocycles. The van der Waals surface area contributed by atoms with Crippen LogP contribution in [0, 0.1) is 11.3 Å². The van der Waals surface area contributed by atoms with E-state index >= 15 is 0 Å². The first kappa shape index (κ1) is 11.5. The van der Waals surface area contributed by atoms with E-state index in [1.807, 2.05) is 18.2 Å². The highest BCUT2D eigenvalue weighted by atomic mass is 79.9. The summed E-state index contributed by atoms with van der Waals surface area (Å²) in [7, 11) is 0. The van der Waals surface area contributed by atoms with Crippen molar-refractivity contribution in [3.8, 4) is 6.07 Å². The molecule has 0 N–H and O–H groups in total. The van der Waals surface area contributed by atoms with Crippen molar-refractivity contribution in [2.24, 2.45) is 0 Å². The van der Waals surface area contributed by atoms with Gasteiger partial charge in [-0.05, 0) is 46.3 Å². The molecule has 0 saturated heterocycles. The number of benzene rings is 1. The van der Waals surface area contributed by atoms with Crippen molar-refractivity contribution in [3.63, 3.8) is 0 Å². The van der Waals surface area contributed by atoms with Crippen LogP contribution in [0.5, 0.6) is 0 Å². The number of nitrogens with zero attached hydrogens (tertiary/aromatic N) is 2. The predicted octanol–water partition coefficient (Wildman–Crippen LogP) is 4.39. The molecule has 0 amide bonds. The topological polar surface area (TPSA) is 28.7 Å². The Morgan fingerprint density at radius 3 is 2.89 bits per heavy atom. The van der Waals surface area contributed by atoms with Crippen molar-refractivity contribution < 1.29 is 0 Å². The van der Waals surface area contributed by atoms with Gasteiger partial charge in [0.2, 0.25) is 0 Å². The molecular weight excluding hydrogens is 308 g/mol. The zero-order chi connectivity index (χ0) is 12.5. The van der Waals surface area contributed by atoms with Crippen molar-refractivity contribution in [1.82, 2.24) is 4.57 Å². The van der Waals surface area contributed by atoms with Crippen LogP contribution in [0.4, 0.5) is 0 Å². The average Bonchev–Trinajstić information content (AvgIpc) is 2.96. The van der Waals surface area contributed by atoms with E-state index in [4.69, 9.17) is 5.26 Å². The van der Waals surface area contributed by atoms with Crippen molar-refractivity contribution in [2.75, 3.05) is 0 Å². The van der Waals surface area contributed by atoms with Crippen LogP contribution in [0.15, 0.2) is 46.4 Å². The monoisotopic (exact) mass is 316 g/mol. The Bertz CT molecular complexity index is 749.